The highest BCUT2D eigenvalue weighted by Gasteiger charge is 2.39. The first-order valence-electron chi connectivity index (χ1n) is 7.86. The lowest BCUT2D eigenvalue weighted by Gasteiger charge is -2.36. The Morgan fingerprint density at radius 1 is 1.11 bits per heavy atom. The molecule has 3 rings (SSSR count). The minimum absolute atomic E-state index is 0.00384. The van der Waals surface area contributed by atoms with Gasteiger partial charge >= 0.3 is 5.97 Å². The topological polar surface area (TPSA) is 32.8 Å². The average molecular weight is 266 g/mol. The minimum Gasteiger partial charge on any atom is -0.461 e. The summed E-state index contributed by atoms with van der Waals surface area (Å²) < 4.78 is 5.72. The normalized spacial score (nSPS) is 36.4. The highest BCUT2D eigenvalue weighted by atomic mass is 16.5. The fourth-order valence-electron chi connectivity index (χ4n) is 3.98. The van der Waals surface area contributed by atoms with Gasteiger partial charge in [0.05, 0.1) is 6.54 Å². The van der Waals surface area contributed by atoms with Gasteiger partial charge in [-0.15, -0.1) is 0 Å². The molecule has 2 unspecified atom stereocenters. The molecule has 0 aromatic rings. The van der Waals surface area contributed by atoms with Crippen LogP contribution >= 0.6 is 0 Å². The molecular weight excluding hydrogens is 240 g/mol. The largest absolute Gasteiger partial charge is 0.461 e. The summed E-state index contributed by atoms with van der Waals surface area (Å²) in [5, 5.41) is 0. The molecule has 0 aromatic heterocycles. The standard InChI is InChI=1S/C15H26N2O2/c1-16-12-5-6-13(16)10-14(9-12)19-15(18)11-17-7-3-2-4-8-17/h12-14H,2-11H2,1H3. The van der Waals surface area contributed by atoms with E-state index in [2.05, 4.69) is 16.8 Å². The summed E-state index contributed by atoms with van der Waals surface area (Å²) >= 11 is 0. The van der Waals surface area contributed by atoms with Gasteiger partial charge in [-0.05, 0) is 58.7 Å². The summed E-state index contributed by atoms with van der Waals surface area (Å²) in [7, 11) is 2.22. The van der Waals surface area contributed by atoms with E-state index in [4.69, 9.17) is 4.74 Å². The predicted molar refractivity (Wildman–Crippen MR) is 74.0 cm³/mol. The zero-order valence-corrected chi connectivity index (χ0v) is 12.0. The number of likely N-dealkylation sites (tertiary alicyclic amines) is 1. The molecule has 108 valence electrons. The van der Waals surface area contributed by atoms with Crippen molar-refractivity contribution in [1.29, 1.82) is 0 Å². The Hall–Kier alpha value is -0.610. The van der Waals surface area contributed by atoms with Gasteiger partial charge in [0.15, 0.2) is 0 Å². The summed E-state index contributed by atoms with van der Waals surface area (Å²) in [5.74, 6) is -0.00384. The maximum Gasteiger partial charge on any atom is 0.320 e. The van der Waals surface area contributed by atoms with Crippen LogP contribution in [0.3, 0.4) is 0 Å². The van der Waals surface area contributed by atoms with E-state index in [9.17, 15) is 4.79 Å². The number of carbonyl (C=O) groups excluding carboxylic acids is 1. The van der Waals surface area contributed by atoms with Gasteiger partial charge in [0, 0.05) is 12.1 Å². The number of hydrogen-bond acceptors (Lipinski definition) is 4. The Labute approximate surface area is 116 Å². The number of hydrogen-bond donors (Lipinski definition) is 0. The van der Waals surface area contributed by atoms with Crippen molar-refractivity contribution in [2.24, 2.45) is 0 Å². The van der Waals surface area contributed by atoms with Gasteiger partial charge in [-0.2, -0.15) is 0 Å². The van der Waals surface area contributed by atoms with E-state index < -0.39 is 0 Å². The van der Waals surface area contributed by atoms with Crippen LogP contribution in [-0.4, -0.2) is 60.6 Å². The lowest BCUT2D eigenvalue weighted by Crippen LogP contribution is -2.44. The number of piperidine rings is 2. The lowest BCUT2D eigenvalue weighted by atomic mass is 10.0. The second-order valence-corrected chi connectivity index (χ2v) is 6.47. The van der Waals surface area contributed by atoms with Crippen molar-refractivity contribution < 1.29 is 9.53 Å². The van der Waals surface area contributed by atoms with Crippen LogP contribution in [0, 0.1) is 0 Å². The number of nitrogens with zero attached hydrogens (tertiary/aromatic N) is 2. The van der Waals surface area contributed by atoms with Crippen LogP contribution in [0.2, 0.25) is 0 Å². The van der Waals surface area contributed by atoms with E-state index in [0.717, 1.165) is 25.9 Å². The van der Waals surface area contributed by atoms with E-state index in [1.807, 2.05) is 0 Å². The molecule has 19 heavy (non-hydrogen) atoms. The van der Waals surface area contributed by atoms with Crippen LogP contribution in [0.5, 0.6) is 0 Å². The van der Waals surface area contributed by atoms with Gasteiger partial charge < -0.3 is 9.64 Å². The molecule has 3 aliphatic heterocycles. The molecule has 0 saturated carbocycles. The molecule has 3 fully saturated rings. The summed E-state index contributed by atoms with van der Waals surface area (Å²) in [6, 6.07) is 1.29. The van der Waals surface area contributed by atoms with E-state index in [-0.39, 0.29) is 12.1 Å². The van der Waals surface area contributed by atoms with Gasteiger partial charge in [0.2, 0.25) is 0 Å². The Bertz CT molecular complexity index is 314. The van der Waals surface area contributed by atoms with Crippen LogP contribution in [0.15, 0.2) is 0 Å². The smallest absolute Gasteiger partial charge is 0.320 e. The van der Waals surface area contributed by atoms with Gasteiger partial charge in [-0.3, -0.25) is 9.69 Å². The summed E-state index contributed by atoms with van der Waals surface area (Å²) in [5.41, 5.74) is 0. The van der Waals surface area contributed by atoms with E-state index in [1.165, 1.54) is 32.1 Å². The molecule has 2 atom stereocenters. The van der Waals surface area contributed by atoms with Crippen LogP contribution < -0.4 is 0 Å². The zero-order chi connectivity index (χ0) is 13.2. The molecule has 0 aliphatic carbocycles. The molecule has 0 N–H and O–H groups in total. The van der Waals surface area contributed by atoms with E-state index in [0.29, 0.717) is 18.6 Å². The van der Waals surface area contributed by atoms with Gasteiger partial charge in [0.25, 0.3) is 0 Å². The van der Waals surface area contributed by atoms with Crippen molar-refractivity contribution >= 4 is 5.97 Å². The molecular formula is C15H26N2O2. The summed E-state index contributed by atoms with van der Waals surface area (Å²) in [4.78, 5) is 16.7. The Morgan fingerprint density at radius 3 is 2.37 bits per heavy atom. The van der Waals surface area contributed by atoms with Crippen molar-refractivity contribution in [3.05, 3.63) is 0 Å². The fraction of sp³-hybridized carbons (Fsp3) is 0.933. The molecule has 0 radical (unpaired) electrons. The second kappa shape index (κ2) is 5.80. The number of carbonyl (C=O) groups is 1. The van der Waals surface area contributed by atoms with Crippen LogP contribution in [0.4, 0.5) is 0 Å². The number of esters is 1. The van der Waals surface area contributed by atoms with E-state index in [1.54, 1.807) is 0 Å². The number of fused-ring (bicyclic) bond motifs is 2. The monoisotopic (exact) mass is 266 g/mol. The molecule has 4 heteroatoms. The molecule has 0 spiro atoms. The molecule has 3 aliphatic rings. The molecule has 0 aromatic carbocycles. The SMILES string of the molecule is CN1C2CCC1CC(OC(=O)CN1CCCCC1)C2. The third-order valence-corrected chi connectivity index (χ3v) is 5.15. The fourth-order valence-corrected chi connectivity index (χ4v) is 3.98. The quantitative estimate of drug-likeness (QED) is 0.727. The Kier molecular flexibility index (Phi) is 4.08. The van der Waals surface area contributed by atoms with Crippen LogP contribution in [-0.2, 0) is 9.53 Å². The van der Waals surface area contributed by atoms with E-state index >= 15 is 0 Å². The number of ether oxygens (including phenoxy) is 1. The first-order chi connectivity index (χ1) is 9.22. The van der Waals surface area contributed by atoms with Crippen molar-refractivity contribution in [1.82, 2.24) is 9.80 Å². The maximum atomic E-state index is 12.0. The third-order valence-electron chi connectivity index (χ3n) is 5.15. The summed E-state index contributed by atoms with van der Waals surface area (Å²) in [6.45, 7) is 2.63. The first kappa shape index (κ1) is 13.4. The average Bonchev–Trinajstić information content (AvgIpc) is 2.63. The molecule has 0 amide bonds. The first-order valence-corrected chi connectivity index (χ1v) is 7.86. The molecule has 4 nitrogen and oxygen atoms in total. The highest BCUT2D eigenvalue weighted by molar-refractivity contribution is 5.71. The van der Waals surface area contributed by atoms with Gasteiger partial charge in [-0.1, -0.05) is 6.42 Å². The minimum atomic E-state index is -0.00384. The highest BCUT2D eigenvalue weighted by Crippen LogP contribution is 2.35. The molecule has 2 bridgehead atoms. The van der Waals surface area contributed by atoms with Crippen molar-refractivity contribution in [3.63, 3.8) is 0 Å². The Balaban J connectivity index is 1.45. The van der Waals surface area contributed by atoms with Crippen molar-refractivity contribution in [2.75, 3.05) is 26.7 Å². The van der Waals surface area contributed by atoms with Gasteiger partial charge in [-0.25, -0.2) is 0 Å². The third kappa shape index (κ3) is 3.11. The zero-order valence-electron chi connectivity index (χ0n) is 12.0. The second-order valence-electron chi connectivity index (χ2n) is 6.47. The predicted octanol–water partition coefficient (Wildman–Crippen LogP) is 1.64. The van der Waals surface area contributed by atoms with Crippen LogP contribution in [0.1, 0.15) is 44.9 Å². The Morgan fingerprint density at radius 2 is 1.74 bits per heavy atom. The van der Waals surface area contributed by atoms with Crippen molar-refractivity contribution in [3.8, 4) is 0 Å². The molecule has 3 heterocycles. The number of rotatable bonds is 3. The summed E-state index contributed by atoms with van der Waals surface area (Å²) in [6.07, 6.45) is 8.58. The molecule has 3 saturated heterocycles. The lowest BCUT2D eigenvalue weighted by molar-refractivity contribution is -0.153. The maximum absolute atomic E-state index is 12.0. The van der Waals surface area contributed by atoms with Crippen molar-refractivity contribution in [2.45, 2.75) is 63.1 Å². The van der Waals surface area contributed by atoms with Gasteiger partial charge in [0.1, 0.15) is 6.10 Å². The van der Waals surface area contributed by atoms with Crippen LogP contribution in [0.25, 0.3) is 0 Å².